The fraction of sp³-hybridized carbons (Fsp3) is 0.172. The summed E-state index contributed by atoms with van der Waals surface area (Å²) in [5.41, 5.74) is 2.55. The molecule has 0 spiro atoms. The quantitative estimate of drug-likeness (QED) is 0.224. The lowest BCUT2D eigenvalue weighted by Crippen LogP contribution is -2.27. The highest BCUT2D eigenvalue weighted by atomic mass is 32.2. The van der Waals surface area contributed by atoms with Gasteiger partial charge >= 0.3 is 5.97 Å². The fourth-order valence-electron chi connectivity index (χ4n) is 3.68. The van der Waals surface area contributed by atoms with Crippen molar-refractivity contribution in [2.24, 2.45) is 10.9 Å². The Bertz CT molecular complexity index is 1400. The highest BCUT2D eigenvalue weighted by molar-refractivity contribution is 8.19. The summed E-state index contributed by atoms with van der Waals surface area (Å²) in [4.78, 5) is 43.0. The predicted octanol–water partition coefficient (Wildman–Crippen LogP) is 5.79. The Morgan fingerprint density at radius 2 is 1.81 bits per heavy atom. The molecular weight excluding hydrogens is 493 g/mol. The number of nitrogens with zero attached hydrogens (tertiary/aromatic N) is 1. The standard InChI is InChI=1S/C29H24FNO5S/c1-3-35-29(34)25-26(32)24(37-28(25)31-27(33)23-10-5-4-7-18(23)2)16-19-11-13-22(14-12-19)36-17-20-8-6-9-21(30)15-20/h4-16,25H,3,17H2,1-2H3/b24-16-,31-28?. The number of amides is 1. The van der Waals surface area contributed by atoms with Crippen LogP contribution in [0.1, 0.15) is 34.0 Å². The lowest BCUT2D eigenvalue weighted by atomic mass is 10.0. The molecule has 1 amide bonds. The van der Waals surface area contributed by atoms with Gasteiger partial charge in [0.05, 0.1) is 11.5 Å². The molecule has 3 aromatic carbocycles. The van der Waals surface area contributed by atoms with Gasteiger partial charge in [-0.05, 0) is 66.9 Å². The van der Waals surface area contributed by atoms with Gasteiger partial charge in [-0.15, -0.1) is 0 Å². The Kier molecular flexibility index (Phi) is 8.30. The van der Waals surface area contributed by atoms with Gasteiger partial charge in [-0.1, -0.05) is 54.2 Å². The molecule has 0 saturated carbocycles. The molecule has 3 aromatic rings. The van der Waals surface area contributed by atoms with E-state index in [2.05, 4.69) is 4.99 Å². The van der Waals surface area contributed by atoms with Gasteiger partial charge in [0.15, 0.2) is 11.7 Å². The molecule has 1 aliphatic heterocycles. The molecule has 0 bridgehead atoms. The van der Waals surface area contributed by atoms with Crippen molar-refractivity contribution in [2.45, 2.75) is 20.5 Å². The highest BCUT2D eigenvalue weighted by Gasteiger charge is 2.43. The summed E-state index contributed by atoms with van der Waals surface area (Å²) in [6, 6.07) is 20.1. The van der Waals surface area contributed by atoms with Crippen LogP contribution in [0.2, 0.25) is 0 Å². The zero-order chi connectivity index (χ0) is 26.4. The summed E-state index contributed by atoms with van der Waals surface area (Å²) in [6.45, 7) is 3.75. The summed E-state index contributed by atoms with van der Waals surface area (Å²) in [6.07, 6.45) is 1.64. The zero-order valence-corrected chi connectivity index (χ0v) is 21.1. The van der Waals surface area contributed by atoms with Crippen LogP contribution in [0, 0.1) is 18.7 Å². The lowest BCUT2D eigenvalue weighted by Gasteiger charge is -2.08. The van der Waals surface area contributed by atoms with E-state index in [0.717, 1.165) is 17.3 Å². The van der Waals surface area contributed by atoms with Crippen molar-refractivity contribution in [1.29, 1.82) is 0 Å². The van der Waals surface area contributed by atoms with E-state index in [1.54, 1.807) is 74.5 Å². The second-order valence-electron chi connectivity index (χ2n) is 8.22. The maximum atomic E-state index is 13.3. The number of rotatable bonds is 7. The van der Waals surface area contributed by atoms with Crippen LogP contribution in [-0.4, -0.2) is 29.3 Å². The number of aryl methyl sites for hydroxylation is 1. The van der Waals surface area contributed by atoms with Crippen LogP contribution in [-0.2, 0) is 20.9 Å². The number of esters is 1. The Labute approximate surface area is 218 Å². The third-order valence-electron chi connectivity index (χ3n) is 5.55. The Hall–Kier alpha value is -4.04. The van der Waals surface area contributed by atoms with Gasteiger partial charge in [-0.3, -0.25) is 14.4 Å². The van der Waals surface area contributed by atoms with Gasteiger partial charge < -0.3 is 9.47 Å². The monoisotopic (exact) mass is 517 g/mol. The summed E-state index contributed by atoms with van der Waals surface area (Å²) < 4.78 is 24.1. The van der Waals surface area contributed by atoms with Gasteiger partial charge in [0, 0.05) is 5.56 Å². The normalized spacial score (nSPS) is 17.3. The molecule has 1 saturated heterocycles. The van der Waals surface area contributed by atoms with Gasteiger partial charge in [0.2, 0.25) is 0 Å². The summed E-state index contributed by atoms with van der Waals surface area (Å²) in [7, 11) is 0. The number of carbonyl (C=O) groups is 3. The van der Waals surface area contributed by atoms with Crippen molar-refractivity contribution in [1.82, 2.24) is 0 Å². The first-order valence-electron chi connectivity index (χ1n) is 11.6. The molecular formula is C29H24FNO5S. The van der Waals surface area contributed by atoms with Crippen molar-refractivity contribution < 1.29 is 28.2 Å². The van der Waals surface area contributed by atoms with Crippen molar-refractivity contribution in [2.75, 3.05) is 6.61 Å². The van der Waals surface area contributed by atoms with Crippen molar-refractivity contribution in [3.8, 4) is 5.75 Å². The fourth-order valence-corrected chi connectivity index (χ4v) is 4.76. The summed E-state index contributed by atoms with van der Waals surface area (Å²) in [5, 5.41) is 0.0954. The molecule has 1 unspecified atom stereocenters. The van der Waals surface area contributed by atoms with Crippen LogP contribution in [0.4, 0.5) is 4.39 Å². The molecule has 0 N–H and O–H groups in total. The zero-order valence-electron chi connectivity index (χ0n) is 20.3. The number of hydrogen-bond donors (Lipinski definition) is 0. The molecule has 8 heteroatoms. The molecule has 6 nitrogen and oxygen atoms in total. The Balaban J connectivity index is 1.54. The minimum Gasteiger partial charge on any atom is -0.489 e. The number of carbonyl (C=O) groups excluding carboxylic acids is 3. The molecule has 37 heavy (non-hydrogen) atoms. The number of ketones is 1. The topological polar surface area (TPSA) is 82.0 Å². The van der Waals surface area contributed by atoms with E-state index >= 15 is 0 Å². The maximum absolute atomic E-state index is 13.3. The SMILES string of the molecule is CCOC(=O)C1C(=O)/C(=C/c2ccc(OCc3cccc(F)c3)cc2)SC1=NC(=O)c1ccccc1C. The minimum absolute atomic E-state index is 0.0954. The molecule has 1 heterocycles. The minimum atomic E-state index is -1.28. The van der Waals surface area contributed by atoms with Crippen LogP contribution in [0.5, 0.6) is 5.75 Å². The first-order chi connectivity index (χ1) is 17.9. The molecule has 0 aliphatic carbocycles. The van der Waals surface area contributed by atoms with Crippen LogP contribution >= 0.6 is 11.8 Å². The first kappa shape index (κ1) is 26.0. The number of Topliss-reactive ketones (excluding diaryl/α,β-unsaturated/α-hetero) is 1. The van der Waals surface area contributed by atoms with Crippen molar-refractivity contribution in [3.63, 3.8) is 0 Å². The smallest absolute Gasteiger partial charge is 0.323 e. The van der Waals surface area contributed by atoms with Crippen molar-refractivity contribution >= 4 is 40.5 Å². The molecule has 0 radical (unpaired) electrons. The van der Waals surface area contributed by atoms with E-state index in [1.165, 1.54) is 12.1 Å². The van der Waals surface area contributed by atoms with E-state index in [4.69, 9.17) is 9.47 Å². The second-order valence-corrected chi connectivity index (χ2v) is 9.28. The maximum Gasteiger partial charge on any atom is 0.323 e. The molecule has 1 fully saturated rings. The van der Waals surface area contributed by atoms with Crippen LogP contribution in [0.25, 0.3) is 6.08 Å². The number of allylic oxidation sites excluding steroid dienone is 1. The second kappa shape index (κ2) is 11.8. The third-order valence-corrected chi connectivity index (χ3v) is 6.62. The Morgan fingerprint density at radius 3 is 2.51 bits per heavy atom. The van der Waals surface area contributed by atoms with E-state index < -0.39 is 23.6 Å². The molecule has 188 valence electrons. The first-order valence-corrected chi connectivity index (χ1v) is 12.4. The van der Waals surface area contributed by atoms with E-state index in [9.17, 15) is 18.8 Å². The number of thioether (sulfide) groups is 1. The highest BCUT2D eigenvalue weighted by Crippen LogP contribution is 2.37. The van der Waals surface area contributed by atoms with Crippen LogP contribution in [0.15, 0.2) is 82.7 Å². The number of hydrogen-bond acceptors (Lipinski definition) is 6. The van der Waals surface area contributed by atoms with Gasteiger partial charge in [-0.25, -0.2) is 9.38 Å². The summed E-state index contributed by atoms with van der Waals surface area (Å²) in [5.74, 6) is -2.76. The van der Waals surface area contributed by atoms with Gasteiger partial charge in [-0.2, -0.15) is 0 Å². The number of halogens is 1. The number of ether oxygens (including phenoxy) is 2. The Morgan fingerprint density at radius 1 is 1.05 bits per heavy atom. The molecule has 4 rings (SSSR count). The molecule has 1 atom stereocenters. The number of aliphatic imine (C=N–C) groups is 1. The van der Waals surface area contributed by atoms with Gasteiger partial charge in [0.1, 0.15) is 23.2 Å². The van der Waals surface area contributed by atoms with E-state index in [1.807, 2.05) is 6.07 Å². The third kappa shape index (κ3) is 6.40. The van der Waals surface area contributed by atoms with Crippen LogP contribution < -0.4 is 4.74 Å². The average molecular weight is 518 g/mol. The van der Waals surface area contributed by atoms with Crippen LogP contribution in [0.3, 0.4) is 0 Å². The predicted molar refractivity (Wildman–Crippen MR) is 141 cm³/mol. The van der Waals surface area contributed by atoms with Gasteiger partial charge in [0.25, 0.3) is 5.91 Å². The average Bonchev–Trinajstić information content (AvgIpc) is 3.18. The number of benzene rings is 3. The largest absolute Gasteiger partial charge is 0.489 e. The molecule has 1 aliphatic rings. The van der Waals surface area contributed by atoms with E-state index in [0.29, 0.717) is 22.4 Å². The summed E-state index contributed by atoms with van der Waals surface area (Å²) >= 11 is 0.991. The van der Waals surface area contributed by atoms with Crippen molar-refractivity contribution in [3.05, 3.63) is 106 Å². The lowest BCUT2D eigenvalue weighted by molar-refractivity contribution is -0.147. The molecule has 0 aromatic heterocycles. The van der Waals surface area contributed by atoms with E-state index in [-0.39, 0.29) is 29.0 Å².